The molecule has 27 heavy (non-hydrogen) atoms. The number of rotatable bonds is 10. The summed E-state index contributed by atoms with van der Waals surface area (Å²) in [6.45, 7) is 1.44. The van der Waals surface area contributed by atoms with Crippen molar-refractivity contribution in [2.75, 3.05) is 0 Å². The van der Waals surface area contributed by atoms with Gasteiger partial charge in [-0.3, -0.25) is 14.4 Å². The van der Waals surface area contributed by atoms with Crippen LogP contribution >= 0.6 is 11.3 Å². The number of hydrogen-bond acceptors (Lipinski definition) is 4. The smallest absolute Gasteiger partial charge is 0.303 e. The van der Waals surface area contributed by atoms with Crippen LogP contribution in [-0.2, 0) is 14.4 Å². The molecule has 0 aliphatic heterocycles. The van der Waals surface area contributed by atoms with Gasteiger partial charge in [0.15, 0.2) is 0 Å². The van der Waals surface area contributed by atoms with E-state index >= 15 is 0 Å². The standard InChI is InChI=1S/C20H30N2O4S/c1-14(23)21-17(18-8-5-11-27-18)13-19(24)22-16(9-10-20(25)26)12-15-6-3-2-4-7-15/h5,8,11,15-17H,2-4,6-7,9-10,12-13H2,1H3,(H,21,23)(H,22,24)(H,25,26). The van der Waals surface area contributed by atoms with Crippen LogP contribution in [0.25, 0.3) is 0 Å². The summed E-state index contributed by atoms with van der Waals surface area (Å²) in [7, 11) is 0. The molecule has 2 amide bonds. The van der Waals surface area contributed by atoms with E-state index < -0.39 is 5.97 Å². The molecule has 7 heteroatoms. The molecule has 6 nitrogen and oxygen atoms in total. The molecule has 1 saturated carbocycles. The average molecular weight is 395 g/mol. The van der Waals surface area contributed by atoms with Gasteiger partial charge in [0.05, 0.1) is 12.5 Å². The van der Waals surface area contributed by atoms with Gasteiger partial charge in [0.2, 0.25) is 11.8 Å². The number of carbonyl (C=O) groups is 3. The van der Waals surface area contributed by atoms with Crippen LogP contribution in [0.5, 0.6) is 0 Å². The molecule has 0 radical (unpaired) electrons. The summed E-state index contributed by atoms with van der Waals surface area (Å²) >= 11 is 1.50. The van der Waals surface area contributed by atoms with Crippen LogP contribution in [0.1, 0.15) is 75.6 Å². The zero-order chi connectivity index (χ0) is 19.6. The number of carboxylic acid groups (broad SMARTS) is 1. The van der Waals surface area contributed by atoms with Gasteiger partial charge in [-0.05, 0) is 30.2 Å². The van der Waals surface area contributed by atoms with E-state index in [1.807, 2.05) is 17.5 Å². The monoisotopic (exact) mass is 394 g/mol. The molecule has 1 aromatic heterocycles. The molecule has 1 aromatic rings. The summed E-state index contributed by atoms with van der Waals surface area (Å²) in [4.78, 5) is 36.0. The first-order valence-corrected chi connectivity index (χ1v) is 10.6. The number of carbonyl (C=O) groups excluding carboxylic acids is 2. The fourth-order valence-corrected chi connectivity index (χ4v) is 4.58. The van der Waals surface area contributed by atoms with Gasteiger partial charge in [-0.15, -0.1) is 11.3 Å². The Morgan fingerprint density at radius 3 is 2.56 bits per heavy atom. The topological polar surface area (TPSA) is 95.5 Å². The Bertz CT molecular complexity index is 612. The van der Waals surface area contributed by atoms with Crippen LogP contribution in [0, 0.1) is 5.92 Å². The van der Waals surface area contributed by atoms with E-state index in [2.05, 4.69) is 10.6 Å². The highest BCUT2D eigenvalue weighted by Gasteiger charge is 2.23. The minimum atomic E-state index is -0.840. The Hall–Kier alpha value is -1.89. The van der Waals surface area contributed by atoms with Crippen molar-refractivity contribution in [2.24, 2.45) is 5.92 Å². The van der Waals surface area contributed by atoms with Gasteiger partial charge >= 0.3 is 5.97 Å². The zero-order valence-corrected chi connectivity index (χ0v) is 16.7. The van der Waals surface area contributed by atoms with Crippen molar-refractivity contribution in [1.29, 1.82) is 0 Å². The van der Waals surface area contributed by atoms with E-state index in [1.165, 1.54) is 37.5 Å². The van der Waals surface area contributed by atoms with Gasteiger partial charge in [0.1, 0.15) is 0 Å². The summed E-state index contributed by atoms with van der Waals surface area (Å²) in [6.07, 6.45) is 7.50. The Morgan fingerprint density at radius 1 is 1.22 bits per heavy atom. The molecular formula is C20H30N2O4S. The molecule has 2 unspecified atom stereocenters. The molecule has 3 N–H and O–H groups in total. The third kappa shape index (κ3) is 8.12. The lowest BCUT2D eigenvalue weighted by Gasteiger charge is -2.27. The first-order valence-electron chi connectivity index (χ1n) is 9.75. The summed E-state index contributed by atoms with van der Waals surface area (Å²) in [5.41, 5.74) is 0. The predicted molar refractivity (Wildman–Crippen MR) is 105 cm³/mol. The van der Waals surface area contributed by atoms with Crippen molar-refractivity contribution in [3.63, 3.8) is 0 Å². The summed E-state index contributed by atoms with van der Waals surface area (Å²) in [6, 6.07) is 3.32. The lowest BCUT2D eigenvalue weighted by atomic mass is 9.84. The Kier molecular flexibility index (Phi) is 8.78. The molecule has 2 rings (SSSR count). The average Bonchev–Trinajstić information content (AvgIpc) is 3.14. The third-order valence-electron chi connectivity index (χ3n) is 5.07. The van der Waals surface area contributed by atoms with E-state index in [0.717, 1.165) is 24.1 Å². The minimum Gasteiger partial charge on any atom is -0.481 e. The second kappa shape index (κ2) is 11.1. The lowest BCUT2D eigenvalue weighted by Crippen LogP contribution is -2.39. The third-order valence-corrected chi connectivity index (χ3v) is 6.05. The van der Waals surface area contributed by atoms with E-state index in [4.69, 9.17) is 5.11 Å². The number of aliphatic carboxylic acids is 1. The molecule has 0 aromatic carbocycles. The lowest BCUT2D eigenvalue weighted by molar-refractivity contribution is -0.137. The highest BCUT2D eigenvalue weighted by atomic mass is 32.1. The van der Waals surface area contributed by atoms with Crippen molar-refractivity contribution >= 4 is 29.1 Å². The first-order chi connectivity index (χ1) is 12.9. The maximum absolute atomic E-state index is 12.6. The largest absolute Gasteiger partial charge is 0.481 e. The zero-order valence-electron chi connectivity index (χ0n) is 15.9. The maximum atomic E-state index is 12.6. The van der Waals surface area contributed by atoms with Crippen molar-refractivity contribution in [1.82, 2.24) is 10.6 Å². The van der Waals surface area contributed by atoms with Gasteiger partial charge in [-0.25, -0.2) is 0 Å². The quantitative estimate of drug-likeness (QED) is 0.565. The van der Waals surface area contributed by atoms with E-state index in [9.17, 15) is 14.4 Å². The van der Waals surface area contributed by atoms with E-state index in [0.29, 0.717) is 12.3 Å². The maximum Gasteiger partial charge on any atom is 0.303 e. The van der Waals surface area contributed by atoms with Crippen LogP contribution in [0.15, 0.2) is 17.5 Å². The Balaban J connectivity index is 1.94. The normalized spacial score (nSPS) is 17.1. The highest BCUT2D eigenvalue weighted by molar-refractivity contribution is 7.10. The Labute approximate surface area is 164 Å². The molecule has 1 fully saturated rings. The number of thiophene rings is 1. The van der Waals surface area contributed by atoms with E-state index in [1.54, 1.807) is 0 Å². The molecule has 1 aliphatic carbocycles. The highest BCUT2D eigenvalue weighted by Crippen LogP contribution is 2.28. The number of amides is 2. The van der Waals surface area contributed by atoms with Gasteiger partial charge in [0, 0.05) is 24.3 Å². The van der Waals surface area contributed by atoms with Crippen LogP contribution in [-0.4, -0.2) is 28.9 Å². The number of nitrogens with one attached hydrogen (secondary N) is 2. The number of hydrogen-bond donors (Lipinski definition) is 3. The predicted octanol–water partition coefficient (Wildman–Crippen LogP) is 3.64. The van der Waals surface area contributed by atoms with Gasteiger partial charge in [-0.1, -0.05) is 38.2 Å². The van der Waals surface area contributed by atoms with Gasteiger partial charge < -0.3 is 15.7 Å². The van der Waals surface area contributed by atoms with Crippen LogP contribution in [0.4, 0.5) is 0 Å². The molecule has 0 saturated heterocycles. The fraction of sp³-hybridized carbons (Fsp3) is 0.650. The van der Waals surface area contributed by atoms with Crippen LogP contribution in [0.3, 0.4) is 0 Å². The molecule has 0 spiro atoms. The van der Waals surface area contributed by atoms with Crippen molar-refractivity contribution in [3.8, 4) is 0 Å². The van der Waals surface area contributed by atoms with Crippen LogP contribution < -0.4 is 10.6 Å². The molecule has 1 aliphatic rings. The molecule has 2 atom stereocenters. The molecule has 1 heterocycles. The van der Waals surface area contributed by atoms with Crippen molar-refractivity contribution < 1.29 is 19.5 Å². The number of carboxylic acids is 1. The molecular weight excluding hydrogens is 364 g/mol. The van der Waals surface area contributed by atoms with Gasteiger partial charge in [-0.2, -0.15) is 0 Å². The second-order valence-electron chi connectivity index (χ2n) is 7.41. The summed E-state index contributed by atoms with van der Waals surface area (Å²) in [5, 5.41) is 16.8. The van der Waals surface area contributed by atoms with Crippen molar-refractivity contribution in [3.05, 3.63) is 22.4 Å². The molecule has 0 bridgehead atoms. The summed E-state index contributed by atoms with van der Waals surface area (Å²) < 4.78 is 0. The fourth-order valence-electron chi connectivity index (χ4n) is 3.80. The van der Waals surface area contributed by atoms with Crippen molar-refractivity contribution in [2.45, 2.75) is 76.8 Å². The van der Waals surface area contributed by atoms with Crippen LogP contribution in [0.2, 0.25) is 0 Å². The Morgan fingerprint density at radius 2 is 1.96 bits per heavy atom. The van der Waals surface area contributed by atoms with E-state index in [-0.39, 0.29) is 36.7 Å². The minimum absolute atomic E-state index is 0.0533. The van der Waals surface area contributed by atoms with Gasteiger partial charge in [0.25, 0.3) is 0 Å². The molecule has 150 valence electrons. The first kappa shape index (κ1) is 21.4. The second-order valence-corrected chi connectivity index (χ2v) is 8.39. The SMILES string of the molecule is CC(=O)NC(CC(=O)NC(CCC(=O)O)CC1CCCCC1)c1cccs1. The summed E-state index contributed by atoms with van der Waals surface area (Å²) in [5.74, 6) is -0.604.